The van der Waals surface area contributed by atoms with Gasteiger partial charge in [-0.2, -0.15) is 5.10 Å². The molecule has 0 radical (unpaired) electrons. The summed E-state index contributed by atoms with van der Waals surface area (Å²) in [7, 11) is 1.45. The largest absolute Gasteiger partial charge is 0.493 e. The SMILES string of the molecule is COc1cc(C=NNC(=O)c2ccc(Cl)cc2Cl)ccc1OC(=O)c1sc2ccccc2c1Cl. The number of carbonyl (C=O) groups excluding carboxylic acids is 2. The maximum atomic E-state index is 12.7. The maximum absolute atomic E-state index is 12.7. The van der Waals surface area contributed by atoms with Crippen molar-refractivity contribution in [1.82, 2.24) is 5.43 Å². The predicted octanol–water partition coefficient (Wildman–Crippen LogP) is 6.85. The minimum Gasteiger partial charge on any atom is -0.493 e. The second kappa shape index (κ2) is 10.4. The van der Waals surface area contributed by atoms with E-state index in [0.29, 0.717) is 26.2 Å². The molecule has 1 amide bonds. The van der Waals surface area contributed by atoms with Crippen LogP contribution in [0.5, 0.6) is 11.5 Å². The van der Waals surface area contributed by atoms with Gasteiger partial charge in [-0.15, -0.1) is 11.3 Å². The van der Waals surface area contributed by atoms with E-state index in [4.69, 9.17) is 44.3 Å². The van der Waals surface area contributed by atoms with E-state index in [9.17, 15) is 9.59 Å². The number of rotatable bonds is 6. The fourth-order valence-corrected chi connectivity index (χ4v) is 4.92. The standard InChI is InChI=1S/C24H15Cl3N2O4S/c1-32-19-10-13(12-28-29-23(30)15-8-7-14(25)11-17(15)26)6-9-18(19)33-24(31)22-21(27)16-4-2-3-5-20(16)34-22/h2-12H,1H3,(H,29,30). The Morgan fingerprint density at radius 1 is 1.00 bits per heavy atom. The molecule has 0 unspecified atom stereocenters. The van der Waals surface area contributed by atoms with Crippen molar-refractivity contribution in [3.8, 4) is 11.5 Å². The van der Waals surface area contributed by atoms with Crippen molar-refractivity contribution in [3.63, 3.8) is 0 Å². The molecule has 1 N–H and O–H groups in total. The molecule has 4 aromatic rings. The molecule has 0 bridgehead atoms. The lowest BCUT2D eigenvalue weighted by Gasteiger charge is -2.09. The van der Waals surface area contributed by atoms with Gasteiger partial charge in [-0.25, -0.2) is 10.2 Å². The molecule has 10 heteroatoms. The average Bonchev–Trinajstić information content (AvgIpc) is 3.16. The minimum absolute atomic E-state index is 0.215. The van der Waals surface area contributed by atoms with Crippen LogP contribution in [-0.2, 0) is 0 Å². The van der Waals surface area contributed by atoms with Crippen molar-refractivity contribution in [2.24, 2.45) is 5.10 Å². The topological polar surface area (TPSA) is 77.0 Å². The van der Waals surface area contributed by atoms with Gasteiger partial charge in [-0.3, -0.25) is 4.79 Å². The average molecular weight is 534 g/mol. The number of nitrogens with one attached hydrogen (secondary N) is 1. The van der Waals surface area contributed by atoms with Crippen molar-refractivity contribution in [2.45, 2.75) is 0 Å². The maximum Gasteiger partial charge on any atom is 0.355 e. The zero-order chi connectivity index (χ0) is 24.2. The summed E-state index contributed by atoms with van der Waals surface area (Å²) in [6, 6.07) is 16.8. The summed E-state index contributed by atoms with van der Waals surface area (Å²) >= 11 is 19.5. The van der Waals surface area contributed by atoms with Crippen molar-refractivity contribution < 1.29 is 19.1 Å². The van der Waals surface area contributed by atoms with Crippen LogP contribution in [0.15, 0.2) is 65.8 Å². The fourth-order valence-electron chi connectivity index (χ4n) is 3.04. The second-order valence-corrected chi connectivity index (χ2v) is 9.14. The van der Waals surface area contributed by atoms with Crippen LogP contribution < -0.4 is 14.9 Å². The number of benzene rings is 3. The van der Waals surface area contributed by atoms with E-state index < -0.39 is 11.9 Å². The molecule has 0 spiro atoms. The van der Waals surface area contributed by atoms with Gasteiger partial charge < -0.3 is 9.47 Å². The van der Waals surface area contributed by atoms with E-state index in [1.807, 2.05) is 24.3 Å². The normalized spacial score (nSPS) is 11.1. The van der Waals surface area contributed by atoms with Crippen molar-refractivity contribution in [3.05, 3.63) is 91.7 Å². The third-order valence-corrected chi connectivity index (χ3v) is 6.87. The van der Waals surface area contributed by atoms with E-state index in [0.717, 1.165) is 10.1 Å². The van der Waals surface area contributed by atoms with Crippen LogP contribution in [-0.4, -0.2) is 25.2 Å². The van der Waals surface area contributed by atoms with Crippen LogP contribution in [0.25, 0.3) is 10.1 Å². The van der Waals surface area contributed by atoms with E-state index in [-0.39, 0.29) is 16.3 Å². The van der Waals surface area contributed by atoms with Crippen LogP contribution in [0.1, 0.15) is 25.6 Å². The Bertz CT molecular complexity index is 1440. The molecular formula is C24H15Cl3N2O4S. The molecule has 0 aliphatic carbocycles. The lowest BCUT2D eigenvalue weighted by Crippen LogP contribution is -2.18. The zero-order valence-corrected chi connectivity index (χ0v) is 20.6. The molecule has 6 nitrogen and oxygen atoms in total. The molecule has 3 aromatic carbocycles. The highest BCUT2D eigenvalue weighted by molar-refractivity contribution is 7.21. The van der Waals surface area contributed by atoms with Crippen molar-refractivity contribution >= 4 is 74.3 Å². The Morgan fingerprint density at radius 2 is 1.79 bits per heavy atom. The minimum atomic E-state index is -0.585. The summed E-state index contributed by atoms with van der Waals surface area (Å²) in [5.41, 5.74) is 3.23. The molecule has 1 heterocycles. The van der Waals surface area contributed by atoms with Crippen LogP contribution in [0.4, 0.5) is 0 Å². The summed E-state index contributed by atoms with van der Waals surface area (Å²) in [6.07, 6.45) is 1.42. The smallest absolute Gasteiger partial charge is 0.355 e. The number of nitrogens with zero attached hydrogens (tertiary/aromatic N) is 1. The van der Waals surface area contributed by atoms with Crippen LogP contribution in [0.2, 0.25) is 15.1 Å². The van der Waals surface area contributed by atoms with Crippen molar-refractivity contribution in [2.75, 3.05) is 7.11 Å². The summed E-state index contributed by atoms with van der Waals surface area (Å²) in [5.74, 6) is -0.551. The molecule has 0 saturated heterocycles. The first-order chi connectivity index (χ1) is 16.4. The van der Waals surface area contributed by atoms with Gasteiger partial charge in [0.05, 0.1) is 28.9 Å². The Hall–Kier alpha value is -3.10. The number of carbonyl (C=O) groups is 2. The highest BCUT2D eigenvalue weighted by Gasteiger charge is 2.20. The number of halogens is 3. The van der Waals surface area contributed by atoms with Crippen LogP contribution in [0, 0.1) is 0 Å². The third kappa shape index (κ3) is 5.18. The molecule has 172 valence electrons. The quantitative estimate of drug-likeness (QED) is 0.127. The molecule has 0 fully saturated rings. The Kier molecular flexibility index (Phi) is 7.38. The number of amides is 1. The van der Waals surface area contributed by atoms with E-state index in [2.05, 4.69) is 10.5 Å². The number of thiophene rings is 1. The van der Waals surface area contributed by atoms with E-state index >= 15 is 0 Å². The highest BCUT2D eigenvalue weighted by Crippen LogP contribution is 2.37. The Morgan fingerprint density at radius 3 is 2.53 bits per heavy atom. The van der Waals surface area contributed by atoms with Gasteiger partial charge in [0.1, 0.15) is 4.88 Å². The lowest BCUT2D eigenvalue weighted by atomic mass is 10.2. The number of hydrogen-bond donors (Lipinski definition) is 1. The van der Waals surface area contributed by atoms with Gasteiger partial charge in [0.2, 0.25) is 0 Å². The Balaban J connectivity index is 1.47. The number of hydrogen-bond acceptors (Lipinski definition) is 6. The first-order valence-corrected chi connectivity index (χ1v) is 11.7. The molecule has 0 aliphatic heterocycles. The first kappa shape index (κ1) is 24.0. The van der Waals surface area contributed by atoms with Gasteiger partial charge in [-0.05, 0) is 48.0 Å². The number of fused-ring (bicyclic) bond motifs is 1. The molecule has 4 rings (SSSR count). The fraction of sp³-hybridized carbons (Fsp3) is 0.0417. The summed E-state index contributed by atoms with van der Waals surface area (Å²) in [6.45, 7) is 0. The number of esters is 1. The number of hydrazone groups is 1. The zero-order valence-electron chi connectivity index (χ0n) is 17.5. The summed E-state index contributed by atoms with van der Waals surface area (Å²) in [4.78, 5) is 25.3. The predicted molar refractivity (Wildman–Crippen MR) is 136 cm³/mol. The number of methoxy groups -OCH3 is 1. The van der Waals surface area contributed by atoms with E-state index in [1.165, 1.54) is 36.8 Å². The van der Waals surface area contributed by atoms with Gasteiger partial charge in [0.25, 0.3) is 5.91 Å². The highest BCUT2D eigenvalue weighted by atomic mass is 35.5. The van der Waals surface area contributed by atoms with Gasteiger partial charge >= 0.3 is 5.97 Å². The third-order valence-electron chi connectivity index (χ3n) is 4.67. The van der Waals surface area contributed by atoms with E-state index in [1.54, 1.807) is 24.3 Å². The molecule has 0 aliphatic rings. The summed E-state index contributed by atoms with van der Waals surface area (Å²) in [5, 5.41) is 5.72. The first-order valence-electron chi connectivity index (χ1n) is 9.73. The molecular weight excluding hydrogens is 519 g/mol. The van der Waals surface area contributed by atoms with Gasteiger partial charge in [0, 0.05) is 15.1 Å². The van der Waals surface area contributed by atoms with Gasteiger partial charge in [-0.1, -0.05) is 53.0 Å². The van der Waals surface area contributed by atoms with Crippen molar-refractivity contribution in [1.29, 1.82) is 0 Å². The van der Waals surface area contributed by atoms with Crippen LogP contribution in [0.3, 0.4) is 0 Å². The molecule has 1 aromatic heterocycles. The molecule has 0 saturated carbocycles. The number of ether oxygens (including phenoxy) is 2. The molecule has 0 atom stereocenters. The van der Waals surface area contributed by atoms with Gasteiger partial charge in [0.15, 0.2) is 11.5 Å². The second-order valence-electron chi connectivity index (χ2n) is 6.86. The summed E-state index contributed by atoms with van der Waals surface area (Å²) < 4.78 is 11.8. The van der Waals surface area contributed by atoms with Crippen LogP contribution >= 0.6 is 46.1 Å². The lowest BCUT2D eigenvalue weighted by molar-refractivity contribution is 0.0734. The molecule has 34 heavy (non-hydrogen) atoms. The monoisotopic (exact) mass is 532 g/mol. The Labute approximate surface area is 213 Å².